The van der Waals surface area contributed by atoms with Crippen molar-refractivity contribution < 1.29 is 9.18 Å². The molecular formula is C24H22FN3O2. The van der Waals surface area contributed by atoms with Crippen LogP contribution in [0.5, 0.6) is 0 Å². The Bertz CT molecular complexity index is 1260. The largest absolute Gasteiger partial charge is 0.340 e. The minimum atomic E-state index is -0.615. The zero-order valence-electron chi connectivity index (χ0n) is 16.5. The zero-order chi connectivity index (χ0) is 20.8. The van der Waals surface area contributed by atoms with Gasteiger partial charge in [-0.2, -0.15) is 5.26 Å². The Hall–Kier alpha value is -3.20. The van der Waals surface area contributed by atoms with E-state index in [1.165, 1.54) is 18.6 Å². The lowest BCUT2D eigenvalue weighted by Crippen LogP contribution is -2.41. The number of carbonyl (C=O) groups is 1. The number of halogens is 1. The Morgan fingerprint density at radius 3 is 2.73 bits per heavy atom. The number of fused-ring (bicyclic) bond motifs is 5. The summed E-state index contributed by atoms with van der Waals surface area (Å²) in [5.41, 5.74) is 1.13. The Morgan fingerprint density at radius 1 is 1.17 bits per heavy atom. The molecule has 0 saturated heterocycles. The predicted molar refractivity (Wildman–Crippen MR) is 112 cm³/mol. The molecule has 1 unspecified atom stereocenters. The van der Waals surface area contributed by atoms with E-state index < -0.39 is 11.9 Å². The Morgan fingerprint density at radius 2 is 2.00 bits per heavy atom. The smallest absolute Gasteiger partial charge is 0.256 e. The van der Waals surface area contributed by atoms with Crippen LogP contribution in [-0.4, -0.2) is 16.9 Å². The van der Waals surface area contributed by atoms with Crippen molar-refractivity contribution in [1.82, 2.24) is 10.3 Å². The van der Waals surface area contributed by atoms with Crippen molar-refractivity contribution in [2.75, 3.05) is 0 Å². The van der Waals surface area contributed by atoms with E-state index in [2.05, 4.69) is 16.4 Å². The average molecular weight is 403 g/mol. The number of nitrogens with one attached hydrogen (secondary N) is 2. The van der Waals surface area contributed by atoms with Crippen LogP contribution in [0.3, 0.4) is 0 Å². The number of carbonyl (C=O) groups excluding carboxylic acids is 1. The molecule has 5 rings (SSSR count). The van der Waals surface area contributed by atoms with Crippen molar-refractivity contribution in [3.63, 3.8) is 0 Å². The van der Waals surface area contributed by atoms with Crippen LogP contribution in [0.25, 0.3) is 21.7 Å². The van der Waals surface area contributed by atoms with E-state index in [0.717, 1.165) is 30.2 Å². The molecule has 1 amide bonds. The number of hydrogen-bond donors (Lipinski definition) is 2. The van der Waals surface area contributed by atoms with Gasteiger partial charge < -0.3 is 10.3 Å². The van der Waals surface area contributed by atoms with Gasteiger partial charge >= 0.3 is 0 Å². The van der Waals surface area contributed by atoms with Crippen LogP contribution in [0, 0.1) is 34.9 Å². The second kappa shape index (κ2) is 7.24. The third kappa shape index (κ3) is 3.24. The summed E-state index contributed by atoms with van der Waals surface area (Å²) in [5.74, 6) is 0.729. The SMILES string of the molecule is N#CC(Cc1ccc2c(c1)[nH]c(=O)c1cc(F)ccc12)NC(=O)[C@H]1C[C@@H]2CC[C@H]1C2. The highest BCUT2D eigenvalue weighted by atomic mass is 19.1. The van der Waals surface area contributed by atoms with Crippen molar-refractivity contribution in [2.24, 2.45) is 17.8 Å². The fraction of sp³-hybridized carbons (Fsp3) is 0.375. The number of rotatable bonds is 4. The van der Waals surface area contributed by atoms with Crippen LogP contribution in [-0.2, 0) is 11.2 Å². The highest BCUT2D eigenvalue weighted by Gasteiger charge is 2.43. The molecule has 1 heterocycles. The quantitative estimate of drug-likeness (QED) is 0.650. The molecule has 6 heteroatoms. The summed E-state index contributed by atoms with van der Waals surface area (Å²) in [6.07, 6.45) is 4.80. The maximum absolute atomic E-state index is 13.5. The lowest BCUT2D eigenvalue weighted by atomic mass is 9.88. The Labute approximate surface area is 172 Å². The fourth-order valence-corrected chi connectivity index (χ4v) is 5.39. The summed E-state index contributed by atoms with van der Waals surface area (Å²) in [6, 6.07) is 11.3. The van der Waals surface area contributed by atoms with Crippen molar-refractivity contribution in [1.29, 1.82) is 5.26 Å². The minimum absolute atomic E-state index is 0.00373. The van der Waals surface area contributed by atoms with E-state index in [4.69, 9.17) is 0 Å². The van der Waals surface area contributed by atoms with Gasteiger partial charge in [0.05, 0.1) is 11.5 Å². The molecule has 1 aromatic heterocycles. The van der Waals surface area contributed by atoms with E-state index in [-0.39, 0.29) is 17.4 Å². The molecule has 3 aromatic rings. The summed E-state index contributed by atoms with van der Waals surface area (Å²) >= 11 is 0. The zero-order valence-corrected chi connectivity index (χ0v) is 16.5. The molecule has 0 spiro atoms. The molecule has 152 valence electrons. The van der Waals surface area contributed by atoms with Crippen LogP contribution in [0.2, 0.25) is 0 Å². The molecule has 2 bridgehead atoms. The molecule has 2 fully saturated rings. The molecule has 5 nitrogen and oxygen atoms in total. The summed E-state index contributed by atoms with van der Waals surface area (Å²) in [5, 5.41) is 14.3. The molecule has 2 saturated carbocycles. The van der Waals surface area contributed by atoms with Gasteiger partial charge in [-0.1, -0.05) is 24.6 Å². The Kier molecular flexibility index (Phi) is 4.54. The average Bonchev–Trinajstić information content (AvgIpc) is 3.37. The number of aromatic amines is 1. The third-order valence-electron chi connectivity index (χ3n) is 6.84. The number of hydrogen-bond acceptors (Lipinski definition) is 3. The topological polar surface area (TPSA) is 85.8 Å². The van der Waals surface area contributed by atoms with Gasteiger partial charge in [-0.25, -0.2) is 4.39 Å². The van der Waals surface area contributed by atoms with E-state index in [1.807, 2.05) is 18.2 Å². The van der Waals surface area contributed by atoms with Crippen molar-refractivity contribution in [2.45, 2.75) is 38.1 Å². The molecule has 2 N–H and O–H groups in total. The van der Waals surface area contributed by atoms with Crippen LogP contribution in [0.15, 0.2) is 41.2 Å². The van der Waals surface area contributed by atoms with Gasteiger partial charge in [0.25, 0.3) is 5.56 Å². The van der Waals surface area contributed by atoms with Gasteiger partial charge in [0, 0.05) is 23.2 Å². The summed E-state index contributed by atoms with van der Waals surface area (Å²) < 4.78 is 13.5. The number of benzene rings is 2. The number of pyridine rings is 1. The first-order valence-corrected chi connectivity index (χ1v) is 10.5. The van der Waals surface area contributed by atoms with E-state index in [1.54, 1.807) is 6.07 Å². The first-order chi connectivity index (χ1) is 14.5. The van der Waals surface area contributed by atoms with Crippen molar-refractivity contribution >= 4 is 27.6 Å². The van der Waals surface area contributed by atoms with Crippen LogP contribution in [0.4, 0.5) is 4.39 Å². The molecule has 2 aromatic carbocycles. The lowest BCUT2D eigenvalue weighted by Gasteiger charge is -2.22. The maximum Gasteiger partial charge on any atom is 0.256 e. The van der Waals surface area contributed by atoms with Crippen molar-refractivity contribution in [3.05, 3.63) is 58.1 Å². The normalized spacial score (nSPS) is 23.5. The first-order valence-electron chi connectivity index (χ1n) is 10.5. The highest BCUT2D eigenvalue weighted by molar-refractivity contribution is 6.05. The monoisotopic (exact) mass is 403 g/mol. The van der Waals surface area contributed by atoms with Gasteiger partial charge in [-0.3, -0.25) is 9.59 Å². The summed E-state index contributed by atoms with van der Waals surface area (Å²) in [6.45, 7) is 0. The van der Waals surface area contributed by atoms with Crippen LogP contribution in [0.1, 0.15) is 31.2 Å². The maximum atomic E-state index is 13.5. The standard InChI is InChI=1S/C24H22FN3O2/c25-16-4-6-18-19-5-2-14(10-22(19)28-24(30)21(18)11-16)8-17(12-26)27-23(29)20-9-13-1-3-15(20)7-13/h2,4-6,10-11,13,15,17,20H,1,3,7-9H2,(H,27,29)(H,28,30)/t13-,15+,17?,20+/m1/s1. The van der Waals surface area contributed by atoms with Gasteiger partial charge in [0.15, 0.2) is 0 Å². The molecule has 30 heavy (non-hydrogen) atoms. The number of nitrogens with zero attached hydrogens (tertiary/aromatic N) is 1. The highest BCUT2D eigenvalue weighted by Crippen LogP contribution is 2.48. The lowest BCUT2D eigenvalue weighted by molar-refractivity contribution is -0.126. The molecule has 4 atom stereocenters. The van der Waals surface area contributed by atoms with Gasteiger partial charge in [0.2, 0.25) is 5.91 Å². The number of aromatic nitrogens is 1. The minimum Gasteiger partial charge on any atom is -0.340 e. The Balaban J connectivity index is 1.38. The first kappa shape index (κ1) is 18.8. The third-order valence-corrected chi connectivity index (χ3v) is 6.84. The number of nitriles is 1. The van der Waals surface area contributed by atoms with Crippen LogP contribution >= 0.6 is 0 Å². The summed E-state index contributed by atoms with van der Waals surface area (Å²) in [4.78, 5) is 27.8. The number of H-pyrrole nitrogens is 1. The van der Waals surface area contributed by atoms with Crippen molar-refractivity contribution in [3.8, 4) is 6.07 Å². The summed E-state index contributed by atoms with van der Waals surface area (Å²) in [7, 11) is 0. The molecular weight excluding hydrogens is 381 g/mol. The molecule has 2 aliphatic rings. The predicted octanol–water partition coefficient (Wildman–Crippen LogP) is 3.81. The second-order valence-corrected chi connectivity index (χ2v) is 8.70. The molecule has 0 radical (unpaired) electrons. The van der Waals surface area contributed by atoms with Gasteiger partial charge in [0.1, 0.15) is 11.9 Å². The van der Waals surface area contributed by atoms with E-state index >= 15 is 0 Å². The van der Waals surface area contributed by atoms with E-state index in [0.29, 0.717) is 34.5 Å². The second-order valence-electron chi connectivity index (χ2n) is 8.70. The fourth-order valence-electron chi connectivity index (χ4n) is 5.39. The van der Waals surface area contributed by atoms with Gasteiger partial charge in [-0.15, -0.1) is 0 Å². The van der Waals surface area contributed by atoms with E-state index in [9.17, 15) is 19.2 Å². The van der Waals surface area contributed by atoms with Crippen LogP contribution < -0.4 is 10.9 Å². The number of amides is 1. The molecule has 2 aliphatic carbocycles. The van der Waals surface area contributed by atoms with Gasteiger partial charge in [-0.05, 0) is 60.2 Å². The molecule has 0 aliphatic heterocycles.